The number of para-hydroxylation sites is 2. The number of aryl methyl sites for hydroxylation is 2. The van der Waals surface area contributed by atoms with Gasteiger partial charge in [0.2, 0.25) is 0 Å². The van der Waals surface area contributed by atoms with Crippen LogP contribution < -0.4 is 0 Å². The fourth-order valence-corrected chi connectivity index (χ4v) is 3.55. The molecule has 0 fully saturated rings. The molecule has 5 aromatic rings. The normalized spacial score (nSPS) is 11.8. The van der Waals surface area contributed by atoms with Crippen molar-refractivity contribution in [3.05, 3.63) is 71.8 Å². The third-order valence-corrected chi connectivity index (χ3v) is 4.72. The molecule has 0 amide bonds. The van der Waals surface area contributed by atoms with Crippen LogP contribution in [0.25, 0.3) is 43.6 Å². The third-order valence-electron chi connectivity index (χ3n) is 4.72. The van der Waals surface area contributed by atoms with Crippen molar-refractivity contribution < 1.29 is 0 Å². The van der Waals surface area contributed by atoms with E-state index >= 15 is 0 Å². The van der Waals surface area contributed by atoms with Crippen LogP contribution in [-0.2, 0) is 0 Å². The van der Waals surface area contributed by atoms with E-state index in [0.29, 0.717) is 0 Å². The molecule has 0 aliphatic carbocycles. The summed E-state index contributed by atoms with van der Waals surface area (Å²) in [5.74, 6) is 0. The van der Waals surface area contributed by atoms with Crippen LogP contribution in [0.5, 0.6) is 0 Å². The molecule has 0 atom stereocenters. The molecule has 2 heteroatoms. The molecule has 2 nitrogen and oxygen atoms in total. The van der Waals surface area contributed by atoms with Gasteiger partial charge in [-0.25, -0.2) is 9.97 Å². The Hall–Kier alpha value is -3.00. The zero-order valence-electron chi connectivity index (χ0n) is 13.7. The smallest absolute Gasteiger partial charge is 0.0979 e. The van der Waals surface area contributed by atoms with Crippen LogP contribution in [0.3, 0.4) is 0 Å². The third kappa shape index (κ3) is 1.83. The van der Waals surface area contributed by atoms with Gasteiger partial charge >= 0.3 is 0 Å². The van der Waals surface area contributed by atoms with E-state index in [4.69, 9.17) is 9.97 Å². The fraction of sp³-hybridized carbons (Fsp3) is 0.0909. The van der Waals surface area contributed by atoms with Crippen LogP contribution in [0.1, 0.15) is 11.1 Å². The summed E-state index contributed by atoms with van der Waals surface area (Å²) >= 11 is 0. The number of benzene rings is 4. The minimum atomic E-state index is 0.944. The van der Waals surface area contributed by atoms with E-state index in [1.807, 2.05) is 24.3 Å². The zero-order chi connectivity index (χ0) is 16.3. The highest BCUT2D eigenvalue weighted by Crippen LogP contribution is 2.35. The Morgan fingerprint density at radius 3 is 1.46 bits per heavy atom. The Bertz CT molecular complexity index is 1170. The average Bonchev–Trinajstić information content (AvgIpc) is 2.60. The van der Waals surface area contributed by atoms with E-state index in [2.05, 4.69) is 50.2 Å². The van der Waals surface area contributed by atoms with Gasteiger partial charge < -0.3 is 0 Å². The summed E-state index contributed by atoms with van der Waals surface area (Å²) < 4.78 is 0. The van der Waals surface area contributed by atoms with Crippen LogP contribution in [-0.4, -0.2) is 9.97 Å². The quantitative estimate of drug-likeness (QED) is 0.270. The molecule has 0 saturated carbocycles. The Morgan fingerprint density at radius 2 is 1.00 bits per heavy atom. The SMILES string of the molecule is Cc1ccc2c3ccc(C)cc3c3nc4ccccc4nc3c2c1. The Labute approximate surface area is 139 Å². The maximum absolute atomic E-state index is 4.96. The Morgan fingerprint density at radius 1 is 0.542 bits per heavy atom. The first-order chi connectivity index (χ1) is 11.7. The molecule has 0 radical (unpaired) electrons. The minimum Gasteiger partial charge on any atom is -0.244 e. The molecule has 1 heterocycles. The summed E-state index contributed by atoms with van der Waals surface area (Å²) in [6.07, 6.45) is 0. The van der Waals surface area contributed by atoms with Gasteiger partial charge in [-0.2, -0.15) is 0 Å². The van der Waals surface area contributed by atoms with Crippen LogP contribution >= 0.6 is 0 Å². The molecule has 5 rings (SSSR count). The minimum absolute atomic E-state index is 0.944. The second-order valence-corrected chi connectivity index (χ2v) is 6.51. The maximum Gasteiger partial charge on any atom is 0.0979 e. The number of nitrogens with zero attached hydrogens (tertiary/aromatic N) is 2. The van der Waals surface area contributed by atoms with Crippen molar-refractivity contribution >= 4 is 43.6 Å². The van der Waals surface area contributed by atoms with Gasteiger partial charge in [0, 0.05) is 10.8 Å². The topological polar surface area (TPSA) is 25.8 Å². The lowest BCUT2D eigenvalue weighted by molar-refractivity contribution is 1.41. The van der Waals surface area contributed by atoms with E-state index in [0.717, 1.165) is 22.1 Å². The number of aromatic nitrogens is 2. The second-order valence-electron chi connectivity index (χ2n) is 6.51. The largest absolute Gasteiger partial charge is 0.244 e. The molecule has 0 spiro atoms. The van der Waals surface area contributed by atoms with Gasteiger partial charge in [0.05, 0.1) is 22.1 Å². The summed E-state index contributed by atoms with van der Waals surface area (Å²) in [6, 6.07) is 21.3. The monoisotopic (exact) mass is 308 g/mol. The molecule has 0 bridgehead atoms. The first kappa shape index (κ1) is 13.4. The molecule has 0 unspecified atom stereocenters. The lowest BCUT2D eigenvalue weighted by Crippen LogP contribution is -1.92. The molecule has 0 N–H and O–H groups in total. The van der Waals surface area contributed by atoms with Crippen molar-refractivity contribution in [2.45, 2.75) is 13.8 Å². The predicted octanol–water partition coefficient (Wildman–Crippen LogP) is 5.71. The van der Waals surface area contributed by atoms with Gasteiger partial charge in [-0.3, -0.25) is 0 Å². The van der Waals surface area contributed by atoms with Crippen molar-refractivity contribution in [1.82, 2.24) is 9.97 Å². The summed E-state index contributed by atoms with van der Waals surface area (Å²) in [5.41, 5.74) is 6.35. The summed E-state index contributed by atoms with van der Waals surface area (Å²) in [4.78, 5) is 9.93. The van der Waals surface area contributed by atoms with Gasteiger partial charge in [-0.15, -0.1) is 0 Å². The molecular weight excluding hydrogens is 292 g/mol. The molecule has 0 saturated heterocycles. The fourth-order valence-electron chi connectivity index (χ4n) is 3.55. The predicted molar refractivity (Wildman–Crippen MR) is 102 cm³/mol. The van der Waals surface area contributed by atoms with E-state index in [-0.39, 0.29) is 0 Å². The number of hydrogen-bond acceptors (Lipinski definition) is 2. The van der Waals surface area contributed by atoms with Crippen molar-refractivity contribution in [2.75, 3.05) is 0 Å². The highest BCUT2D eigenvalue weighted by molar-refractivity contribution is 6.24. The van der Waals surface area contributed by atoms with Gasteiger partial charge in [-0.1, -0.05) is 47.5 Å². The van der Waals surface area contributed by atoms with Crippen LogP contribution in [0.15, 0.2) is 60.7 Å². The van der Waals surface area contributed by atoms with Gasteiger partial charge in [-0.05, 0) is 48.9 Å². The summed E-state index contributed by atoms with van der Waals surface area (Å²) in [7, 11) is 0. The van der Waals surface area contributed by atoms with E-state index in [9.17, 15) is 0 Å². The first-order valence-corrected chi connectivity index (χ1v) is 8.20. The van der Waals surface area contributed by atoms with Gasteiger partial charge in [0.1, 0.15) is 0 Å². The van der Waals surface area contributed by atoms with Crippen LogP contribution in [0, 0.1) is 13.8 Å². The van der Waals surface area contributed by atoms with Crippen molar-refractivity contribution in [3.8, 4) is 0 Å². The van der Waals surface area contributed by atoms with Crippen molar-refractivity contribution in [2.24, 2.45) is 0 Å². The summed E-state index contributed by atoms with van der Waals surface area (Å²) in [6.45, 7) is 4.25. The molecule has 24 heavy (non-hydrogen) atoms. The van der Waals surface area contributed by atoms with E-state index < -0.39 is 0 Å². The maximum atomic E-state index is 4.96. The average molecular weight is 308 g/mol. The molecule has 1 aromatic heterocycles. The van der Waals surface area contributed by atoms with Gasteiger partial charge in [0.25, 0.3) is 0 Å². The molecule has 4 aromatic carbocycles. The number of rotatable bonds is 0. The zero-order valence-corrected chi connectivity index (χ0v) is 13.7. The molecular formula is C22H16N2. The van der Waals surface area contributed by atoms with E-state index in [1.54, 1.807) is 0 Å². The lowest BCUT2D eigenvalue weighted by Gasteiger charge is -2.11. The van der Waals surface area contributed by atoms with Crippen LogP contribution in [0.2, 0.25) is 0 Å². The van der Waals surface area contributed by atoms with Crippen molar-refractivity contribution in [1.29, 1.82) is 0 Å². The van der Waals surface area contributed by atoms with E-state index in [1.165, 1.54) is 32.7 Å². The molecule has 114 valence electrons. The van der Waals surface area contributed by atoms with Crippen LogP contribution in [0.4, 0.5) is 0 Å². The summed E-state index contributed by atoms with van der Waals surface area (Å²) in [5, 5.41) is 4.85. The standard InChI is InChI=1S/C22H16N2/c1-13-7-9-15-16-10-8-14(2)12-18(16)22-21(17(15)11-13)23-19-5-3-4-6-20(19)24-22/h3-12H,1-2H3. The van der Waals surface area contributed by atoms with Crippen molar-refractivity contribution in [3.63, 3.8) is 0 Å². The Kier molecular flexibility index (Phi) is 2.66. The second kappa shape index (κ2) is 4.75. The van der Waals surface area contributed by atoms with Gasteiger partial charge in [0.15, 0.2) is 0 Å². The first-order valence-electron chi connectivity index (χ1n) is 8.20. The number of hydrogen-bond donors (Lipinski definition) is 0. The molecule has 0 aliphatic rings. The lowest BCUT2D eigenvalue weighted by atomic mass is 9.97. The highest BCUT2D eigenvalue weighted by atomic mass is 14.8. The molecule has 0 aliphatic heterocycles. The highest BCUT2D eigenvalue weighted by Gasteiger charge is 2.12. The number of fused-ring (bicyclic) bond motifs is 7. The Balaban J connectivity index is 2.15.